The molecule has 1 aliphatic heterocycles. The van der Waals surface area contributed by atoms with Crippen LogP contribution in [0.15, 0.2) is 65.6 Å². The SMILES string of the molecule is Cc1ccc(NC(=O)CN2C(=O)S/C(=C/c3cccc(Oc4ccc([N+](=O)[O-])cc4[N+](=O)[O-])c3)C2=O)cc1C. The fraction of sp³-hybridized carbons (Fsp3) is 0.115. The standard InChI is InChI=1S/C26H20N4O8S/c1-15-6-7-18(10-16(15)2)27-24(31)14-28-25(32)23(39-26(28)33)12-17-4-3-5-20(11-17)38-22-9-8-19(29(34)35)13-21(22)30(36)37/h3-13H,14H2,1-2H3,(H,27,31)/b23-12+. The maximum atomic E-state index is 12.9. The first kappa shape index (κ1) is 27.0. The summed E-state index contributed by atoms with van der Waals surface area (Å²) >= 11 is 0.674. The molecule has 0 atom stereocenters. The van der Waals surface area contributed by atoms with Crippen molar-refractivity contribution in [3.05, 3.63) is 102 Å². The van der Waals surface area contributed by atoms with Crippen molar-refractivity contribution >= 4 is 52.0 Å². The smallest absolute Gasteiger partial charge is 0.318 e. The molecule has 1 heterocycles. The van der Waals surface area contributed by atoms with Gasteiger partial charge >= 0.3 is 5.69 Å². The number of hydrogen-bond acceptors (Lipinski definition) is 9. The Bertz CT molecular complexity index is 1570. The van der Waals surface area contributed by atoms with Crippen LogP contribution in [0.25, 0.3) is 6.08 Å². The fourth-order valence-electron chi connectivity index (χ4n) is 3.59. The summed E-state index contributed by atoms with van der Waals surface area (Å²) in [6.45, 7) is 3.39. The zero-order valence-corrected chi connectivity index (χ0v) is 21.4. The Balaban J connectivity index is 1.48. The van der Waals surface area contributed by atoms with Crippen LogP contribution in [0.1, 0.15) is 16.7 Å². The summed E-state index contributed by atoms with van der Waals surface area (Å²) in [7, 11) is 0. The van der Waals surface area contributed by atoms with Crippen molar-refractivity contribution in [1.29, 1.82) is 0 Å². The first-order chi connectivity index (χ1) is 18.5. The van der Waals surface area contributed by atoms with E-state index in [1.165, 1.54) is 18.2 Å². The molecule has 3 aromatic carbocycles. The third kappa shape index (κ3) is 6.27. The molecule has 1 N–H and O–H groups in total. The molecule has 1 aliphatic rings. The van der Waals surface area contributed by atoms with Gasteiger partial charge in [-0.25, -0.2) is 0 Å². The van der Waals surface area contributed by atoms with E-state index in [4.69, 9.17) is 4.74 Å². The van der Waals surface area contributed by atoms with Crippen molar-refractivity contribution in [2.75, 3.05) is 11.9 Å². The van der Waals surface area contributed by atoms with Crippen LogP contribution in [-0.2, 0) is 9.59 Å². The average molecular weight is 549 g/mol. The third-order valence-electron chi connectivity index (χ3n) is 5.70. The van der Waals surface area contributed by atoms with Crippen LogP contribution in [0.3, 0.4) is 0 Å². The number of nitro groups is 2. The molecule has 0 aliphatic carbocycles. The van der Waals surface area contributed by atoms with Crippen LogP contribution >= 0.6 is 11.8 Å². The van der Waals surface area contributed by atoms with E-state index in [0.29, 0.717) is 23.0 Å². The van der Waals surface area contributed by atoms with E-state index in [-0.39, 0.29) is 16.4 Å². The maximum absolute atomic E-state index is 12.9. The zero-order valence-electron chi connectivity index (χ0n) is 20.6. The lowest BCUT2D eigenvalue weighted by Gasteiger charge is -2.13. The summed E-state index contributed by atoms with van der Waals surface area (Å²) in [6, 6.07) is 14.6. The monoisotopic (exact) mass is 548 g/mol. The quantitative estimate of drug-likeness (QED) is 0.215. The summed E-state index contributed by atoms with van der Waals surface area (Å²) in [6.07, 6.45) is 1.43. The minimum atomic E-state index is -0.793. The zero-order chi connectivity index (χ0) is 28.3. The molecule has 0 radical (unpaired) electrons. The molecule has 12 nitrogen and oxygen atoms in total. The highest BCUT2D eigenvalue weighted by molar-refractivity contribution is 8.18. The van der Waals surface area contributed by atoms with Gasteiger partial charge in [-0.15, -0.1) is 0 Å². The number of non-ortho nitro benzene ring substituents is 1. The Labute approximate surface area is 225 Å². The number of nitrogens with one attached hydrogen (secondary N) is 1. The lowest BCUT2D eigenvalue weighted by molar-refractivity contribution is -0.394. The van der Waals surface area contributed by atoms with E-state index >= 15 is 0 Å². The first-order valence-electron chi connectivity index (χ1n) is 11.3. The molecular formula is C26H20N4O8S. The number of ether oxygens (including phenoxy) is 1. The second kappa shape index (κ2) is 11.1. The average Bonchev–Trinajstić information content (AvgIpc) is 3.13. The molecule has 3 amide bonds. The van der Waals surface area contributed by atoms with Crippen LogP contribution in [0, 0.1) is 34.1 Å². The number of imide groups is 1. The minimum absolute atomic E-state index is 0.0810. The van der Waals surface area contributed by atoms with E-state index in [1.807, 2.05) is 19.9 Å². The maximum Gasteiger partial charge on any atom is 0.318 e. The normalized spacial score (nSPS) is 14.0. The highest BCUT2D eigenvalue weighted by Crippen LogP contribution is 2.36. The molecule has 0 bridgehead atoms. The fourth-order valence-corrected chi connectivity index (χ4v) is 4.43. The number of thioether (sulfide) groups is 1. The summed E-state index contributed by atoms with van der Waals surface area (Å²) in [5, 5.41) is 24.4. The van der Waals surface area contributed by atoms with Crippen molar-refractivity contribution in [2.24, 2.45) is 0 Å². The second-order valence-electron chi connectivity index (χ2n) is 8.46. The van der Waals surface area contributed by atoms with E-state index < -0.39 is 44.8 Å². The number of carbonyl (C=O) groups excluding carboxylic acids is 3. The number of hydrogen-bond donors (Lipinski definition) is 1. The number of nitrogens with zero attached hydrogens (tertiary/aromatic N) is 3. The number of carbonyl (C=O) groups is 3. The summed E-state index contributed by atoms with van der Waals surface area (Å²) in [5.41, 5.74) is 2.00. The molecule has 3 aromatic rings. The predicted molar refractivity (Wildman–Crippen MR) is 143 cm³/mol. The molecule has 198 valence electrons. The number of nitro benzene ring substituents is 2. The van der Waals surface area contributed by atoms with Gasteiger partial charge in [-0.3, -0.25) is 39.5 Å². The number of rotatable bonds is 8. The highest BCUT2D eigenvalue weighted by atomic mass is 32.2. The van der Waals surface area contributed by atoms with E-state index in [9.17, 15) is 34.6 Å². The van der Waals surface area contributed by atoms with Gasteiger partial charge < -0.3 is 10.1 Å². The van der Waals surface area contributed by atoms with Crippen molar-refractivity contribution in [1.82, 2.24) is 4.90 Å². The van der Waals surface area contributed by atoms with Crippen LogP contribution in [0.2, 0.25) is 0 Å². The molecule has 0 aromatic heterocycles. The predicted octanol–water partition coefficient (Wildman–Crippen LogP) is 5.59. The molecule has 0 unspecified atom stereocenters. The van der Waals surface area contributed by atoms with E-state index in [2.05, 4.69) is 5.32 Å². The van der Waals surface area contributed by atoms with E-state index in [0.717, 1.165) is 34.2 Å². The Morgan fingerprint density at radius 2 is 1.77 bits per heavy atom. The second-order valence-corrected chi connectivity index (χ2v) is 9.45. The van der Waals surface area contributed by atoms with Gasteiger partial charge in [0.2, 0.25) is 11.7 Å². The molecule has 39 heavy (non-hydrogen) atoms. The number of amides is 3. The largest absolute Gasteiger partial charge is 0.450 e. The van der Waals surface area contributed by atoms with Gasteiger partial charge in [-0.05, 0) is 78.7 Å². The van der Waals surface area contributed by atoms with Gasteiger partial charge in [-0.2, -0.15) is 0 Å². The Hall–Kier alpha value is -5.04. The van der Waals surface area contributed by atoms with Crippen molar-refractivity contribution in [3.8, 4) is 11.5 Å². The van der Waals surface area contributed by atoms with Gasteiger partial charge in [-0.1, -0.05) is 18.2 Å². The highest BCUT2D eigenvalue weighted by Gasteiger charge is 2.36. The van der Waals surface area contributed by atoms with E-state index in [1.54, 1.807) is 24.3 Å². The van der Waals surface area contributed by atoms with Gasteiger partial charge in [0.15, 0.2) is 0 Å². The van der Waals surface area contributed by atoms with Gasteiger partial charge in [0, 0.05) is 11.8 Å². The first-order valence-corrected chi connectivity index (χ1v) is 12.2. The minimum Gasteiger partial charge on any atom is -0.450 e. The lowest BCUT2D eigenvalue weighted by Crippen LogP contribution is -2.36. The third-order valence-corrected chi connectivity index (χ3v) is 6.61. The Morgan fingerprint density at radius 3 is 2.46 bits per heavy atom. The molecule has 1 saturated heterocycles. The molecule has 13 heteroatoms. The van der Waals surface area contributed by atoms with Gasteiger partial charge in [0.25, 0.3) is 16.8 Å². The molecular weight excluding hydrogens is 528 g/mol. The number of aryl methyl sites for hydroxylation is 2. The van der Waals surface area contributed by atoms with Crippen LogP contribution in [0.5, 0.6) is 11.5 Å². The van der Waals surface area contributed by atoms with Crippen LogP contribution < -0.4 is 10.1 Å². The van der Waals surface area contributed by atoms with Crippen molar-refractivity contribution in [3.63, 3.8) is 0 Å². The van der Waals surface area contributed by atoms with Gasteiger partial charge in [0.1, 0.15) is 12.3 Å². The summed E-state index contributed by atoms with van der Waals surface area (Å²) < 4.78 is 5.59. The van der Waals surface area contributed by atoms with Crippen molar-refractivity contribution < 1.29 is 29.0 Å². The Kier molecular flexibility index (Phi) is 7.72. The molecule has 0 saturated carbocycles. The Morgan fingerprint density at radius 1 is 1.00 bits per heavy atom. The van der Waals surface area contributed by atoms with Gasteiger partial charge in [0.05, 0.1) is 20.8 Å². The summed E-state index contributed by atoms with van der Waals surface area (Å²) in [5.74, 6) is -1.22. The van der Waals surface area contributed by atoms with Crippen LogP contribution in [-0.4, -0.2) is 38.3 Å². The lowest BCUT2D eigenvalue weighted by atomic mass is 10.1. The molecule has 1 fully saturated rings. The summed E-state index contributed by atoms with van der Waals surface area (Å²) in [4.78, 5) is 59.5. The van der Waals surface area contributed by atoms with Crippen LogP contribution in [0.4, 0.5) is 21.9 Å². The molecule has 0 spiro atoms. The topological polar surface area (TPSA) is 162 Å². The van der Waals surface area contributed by atoms with Crippen molar-refractivity contribution in [2.45, 2.75) is 13.8 Å². The number of benzene rings is 3. The number of anilines is 1. The molecule has 4 rings (SSSR count).